The lowest BCUT2D eigenvalue weighted by Crippen LogP contribution is -2.26. The van der Waals surface area contributed by atoms with Crippen molar-refractivity contribution in [1.82, 2.24) is 5.32 Å². The lowest BCUT2D eigenvalue weighted by Gasteiger charge is -2.14. The predicted molar refractivity (Wildman–Crippen MR) is 79.1 cm³/mol. The molecule has 0 aliphatic heterocycles. The lowest BCUT2D eigenvalue weighted by molar-refractivity contribution is 0.246. The summed E-state index contributed by atoms with van der Waals surface area (Å²) in [5.74, 6) is 1.84. The fourth-order valence-corrected chi connectivity index (χ4v) is 2.41. The molecule has 0 radical (unpaired) electrons. The van der Waals surface area contributed by atoms with E-state index < -0.39 is 0 Å². The molecule has 20 heavy (non-hydrogen) atoms. The molecule has 1 aromatic rings. The van der Waals surface area contributed by atoms with Gasteiger partial charge in [0.1, 0.15) is 0 Å². The molecule has 1 aliphatic rings. The second-order valence-corrected chi connectivity index (χ2v) is 4.97. The van der Waals surface area contributed by atoms with Crippen LogP contribution < -0.4 is 14.8 Å². The minimum absolute atomic E-state index is 0.228. The van der Waals surface area contributed by atoms with Crippen LogP contribution in [0.4, 0.5) is 0 Å². The second-order valence-electron chi connectivity index (χ2n) is 4.97. The number of hydrogen-bond acceptors (Lipinski definition) is 4. The van der Waals surface area contributed by atoms with Crippen LogP contribution in [0, 0.1) is 5.92 Å². The number of methoxy groups -OCH3 is 1. The van der Waals surface area contributed by atoms with Crippen molar-refractivity contribution in [3.05, 3.63) is 35.9 Å². The summed E-state index contributed by atoms with van der Waals surface area (Å²) in [6, 6.07) is 6.32. The Balaban J connectivity index is 1.93. The summed E-state index contributed by atoms with van der Waals surface area (Å²) in [6.07, 6.45) is 5.18. The van der Waals surface area contributed by atoms with Crippen LogP contribution in [0.25, 0.3) is 0 Å². The van der Waals surface area contributed by atoms with Crippen LogP contribution in [-0.2, 0) is 6.54 Å². The van der Waals surface area contributed by atoms with Crippen molar-refractivity contribution in [2.24, 2.45) is 5.92 Å². The van der Waals surface area contributed by atoms with Gasteiger partial charge in [-0.1, -0.05) is 18.2 Å². The predicted octanol–water partition coefficient (Wildman–Crippen LogP) is 2.12. The Morgan fingerprint density at radius 1 is 1.30 bits per heavy atom. The topological polar surface area (TPSA) is 50.7 Å². The molecule has 4 heteroatoms. The standard InChI is InChI=1S/C16H23NO3/c1-3-20-16-9-12(5-7-15(16)19-2)10-17-14-6-4-13(8-14)11-18/h4-7,9,13-14,17-18H,3,8,10-11H2,1-2H3/t13-,14+/m0/s1. The summed E-state index contributed by atoms with van der Waals surface area (Å²) in [4.78, 5) is 0. The smallest absolute Gasteiger partial charge is 0.161 e. The molecule has 1 aliphatic carbocycles. The Bertz CT molecular complexity index is 459. The van der Waals surface area contributed by atoms with E-state index in [2.05, 4.69) is 17.5 Å². The first kappa shape index (κ1) is 14.9. The van der Waals surface area contributed by atoms with Crippen molar-refractivity contribution in [2.45, 2.75) is 25.9 Å². The zero-order valence-electron chi connectivity index (χ0n) is 12.1. The molecule has 0 saturated carbocycles. The molecule has 0 fully saturated rings. The van der Waals surface area contributed by atoms with E-state index in [9.17, 15) is 0 Å². The van der Waals surface area contributed by atoms with Gasteiger partial charge in [0.25, 0.3) is 0 Å². The van der Waals surface area contributed by atoms with E-state index >= 15 is 0 Å². The Morgan fingerprint density at radius 3 is 2.80 bits per heavy atom. The molecule has 1 aromatic carbocycles. The number of ether oxygens (including phenoxy) is 2. The van der Waals surface area contributed by atoms with Gasteiger partial charge in [-0.2, -0.15) is 0 Å². The monoisotopic (exact) mass is 277 g/mol. The highest BCUT2D eigenvalue weighted by Gasteiger charge is 2.17. The summed E-state index contributed by atoms with van der Waals surface area (Å²) in [5, 5.41) is 12.6. The van der Waals surface area contributed by atoms with Crippen LogP contribution in [0.2, 0.25) is 0 Å². The van der Waals surface area contributed by atoms with Gasteiger partial charge in [-0.05, 0) is 31.0 Å². The molecule has 0 aromatic heterocycles. The molecule has 0 spiro atoms. The summed E-state index contributed by atoms with van der Waals surface area (Å²) < 4.78 is 10.9. The van der Waals surface area contributed by atoms with E-state index in [1.54, 1.807) is 7.11 Å². The zero-order valence-corrected chi connectivity index (χ0v) is 12.1. The third kappa shape index (κ3) is 3.74. The molecule has 2 N–H and O–H groups in total. The van der Waals surface area contributed by atoms with E-state index in [4.69, 9.17) is 14.6 Å². The van der Waals surface area contributed by atoms with E-state index in [-0.39, 0.29) is 6.61 Å². The van der Waals surface area contributed by atoms with Gasteiger partial charge in [-0.25, -0.2) is 0 Å². The fraction of sp³-hybridized carbons (Fsp3) is 0.500. The van der Waals surface area contributed by atoms with Gasteiger partial charge in [-0.3, -0.25) is 0 Å². The first-order valence-corrected chi connectivity index (χ1v) is 7.09. The van der Waals surface area contributed by atoms with Crippen molar-refractivity contribution in [2.75, 3.05) is 20.3 Å². The minimum Gasteiger partial charge on any atom is -0.493 e. The van der Waals surface area contributed by atoms with Crippen LogP contribution in [0.3, 0.4) is 0 Å². The Labute approximate surface area is 120 Å². The SMILES string of the molecule is CCOc1cc(CN[C@@H]2C=C[C@H](CO)C2)ccc1OC. The normalized spacial score (nSPS) is 21.1. The van der Waals surface area contributed by atoms with Crippen LogP contribution in [-0.4, -0.2) is 31.5 Å². The van der Waals surface area contributed by atoms with Crippen molar-refractivity contribution in [3.63, 3.8) is 0 Å². The van der Waals surface area contributed by atoms with Gasteiger partial charge in [0.2, 0.25) is 0 Å². The van der Waals surface area contributed by atoms with E-state index in [1.807, 2.05) is 25.1 Å². The second kappa shape index (κ2) is 7.31. The quantitative estimate of drug-likeness (QED) is 0.750. The Hall–Kier alpha value is -1.52. The number of hydrogen-bond donors (Lipinski definition) is 2. The number of aliphatic hydroxyl groups excluding tert-OH is 1. The van der Waals surface area contributed by atoms with Crippen molar-refractivity contribution in [1.29, 1.82) is 0 Å². The minimum atomic E-state index is 0.228. The summed E-state index contributed by atoms with van der Waals surface area (Å²) in [5.41, 5.74) is 1.16. The third-order valence-corrected chi connectivity index (χ3v) is 3.50. The maximum Gasteiger partial charge on any atom is 0.161 e. The average molecular weight is 277 g/mol. The highest BCUT2D eigenvalue weighted by molar-refractivity contribution is 5.43. The van der Waals surface area contributed by atoms with E-state index in [0.717, 1.165) is 30.0 Å². The van der Waals surface area contributed by atoms with Crippen LogP contribution >= 0.6 is 0 Å². The Morgan fingerprint density at radius 2 is 2.15 bits per heavy atom. The first-order valence-electron chi connectivity index (χ1n) is 7.09. The largest absolute Gasteiger partial charge is 0.493 e. The summed E-state index contributed by atoms with van der Waals surface area (Å²) in [6.45, 7) is 3.59. The highest BCUT2D eigenvalue weighted by Crippen LogP contribution is 2.28. The van der Waals surface area contributed by atoms with Crippen LogP contribution in [0.15, 0.2) is 30.4 Å². The maximum atomic E-state index is 9.11. The van der Waals surface area contributed by atoms with Crippen molar-refractivity contribution in [3.8, 4) is 11.5 Å². The van der Waals surface area contributed by atoms with Gasteiger partial charge in [-0.15, -0.1) is 0 Å². The molecule has 0 saturated heterocycles. The number of rotatable bonds is 7. The van der Waals surface area contributed by atoms with Gasteiger partial charge in [0.05, 0.1) is 13.7 Å². The molecule has 0 bridgehead atoms. The van der Waals surface area contributed by atoms with E-state index in [0.29, 0.717) is 18.6 Å². The molecule has 110 valence electrons. The van der Waals surface area contributed by atoms with Crippen LogP contribution in [0.5, 0.6) is 11.5 Å². The molecule has 0 heterocycles. The number of benzene rings is 1. The summed E-state index contributed by atoms with van der Waals surface area (Å²) >= 11 is 0. The molecular formula is C16H23NO3. The Kier molecular flexibility index (Phi) is 5.44. The van der Waals surface area contributed by atoms with Gasteiger partial charge in [0, 0.05) is 25.1 Å². The fourth-order valence-electron chi connectivity index (χ4n) is 2.41. The first-order chi connectivity index (χ1) is 9.76. The van der Waals surface area contributed by atoms with Crippen molar-refractivity contribution < 1.29 is 14.6 Å². The van der Waals surface area contributed by atoms with Crippen LogP contribution in [0.1, 0.15) is 18.9 Å². The van der Waals surface area contributed by atoms with Gasteiger partial charge >= 0.3 is 0 Å². The number of aliphatic hydroxyl groups is 1. The average Bonchev–Trinajstić information content (AvgIpc) is 2.94. The van der Waals surface area contributed by atoms with Crippen molar-refractivity contribution >= 4 is 0 Å². The lowest BCUT2D eigenvalue weighted by atomic mass is 10.1. The molecule has 2 rings (SSSR count). The maximum absolute atomic E-state index is 9.11. The molecule has 2 atom stereocenters. The highest BCUT2D eigenvalue weighted by atomic mass is 16.5. The van der Waals surface area contributed by atoms with Gasteiger partial charge < -0.3 is 19.9 Å². The molecule has 0 amide bonds. The third-order valence-electron chi connectivity index (χ3n) is 3.50. The van der Waals surface area contributed by atoms with E-state index in [1.165, 1.54) is 0 Å². The summed E-state index contributed by atoms with van der Waals surface area (Å²) in [7, 11) is 1.65. The molecule has 4 nitrogen and oxygen atoms in total. The number of nitrogens with one attached hydrogen (secondary N) is 1. The van der Waals surface area contributed by atoms with Gasteiger partial charge in [0.15, 0.2) is 11.5 Å². The zero-order chi connectivity index (χ0) is 14.4. The molecule has 0 unspecified atom stereocenters. The molecular weight excluding hydrogens is 254 g/mol.